The molecule has 1 aromatic heterocycles. The third-order valence-corrected chi connectivity index (χ3v) is 4.68. The Morgan fingerprint density at radius 2 is 1.78 bits per heavy atom. The van der Waals surface area contributed by atoms with Gasteiger partial charge in [-0.1, -0.05) is 30.3 Å². The molecule has 116 valence electrons. The van der Waals surface area contributed by atoms with Crippen molar-refractivity contribution in [2.75, 3.05) is 7.11 Å². The second-order valence-electron chi connectivity index (χ2n) is 6.18. The molecule has 3 aromatic rings. The van der Waals surface area contributed by atoms with E-state index in [9.17, 15) is 4.79 Å². The summed E-state index contributed by atoms with van der Waals surface area (Å²) in [5, 5.41) is 1.73. The van der Waals surface area contributed by atoms with Crippen molar-refractivity contribution in [1.29, 1.82) is 0 Å². The van der Waals surface area contributed by atoms with Gasteiger partial charge in [-0.2, -0.15) is 0 Å². The Kier molecular flexibility index (Phi) is 3.22. The Morgan fingerprint density at radius 1 is 1.04 bits per heavy atom. The zero-order valence-electron chi connectivity index (χ0n) is 13.4. The molecule has 2 aromatic carbocycles. The van der Waals surface area contributed by atoms with Gasteiger partial charge in [0.05, 0.1) is 7.11 Å². The van der Waals surface area contributed by atoms with Gasteiger partial charge in [0.2, 0.25) is 0 Å². The van der Waals surface area contributed by atoms with Gasteiger partial charge in [0.25, 0.3) is 5.56 Å². The van der Waals surface area contributed by atoms with E-state index >= 15 is 0 Å². The Balaban J connectivity index is 2.17. The smallest absolute Gasteiger partial charge is 0.258 e. The van der Waals surface area contributed by atoms with E-state index in [2.05, 4.69) is 12.1 Å². The first-order chi connectivity index (χ1) is 11.2. The van der Waals surface area contributed by atoms with Crippen LogP contribution in [-0.2, 0) is 7.05 Å². The summed E-state index contributed by atoms with van der Waals surface area (Å²) < 4.78 is 7.23. The molecular formula is C20H19NO2. The summed E-state index contributed by atoms with van der Waals surface area (Å²) in [5.41, 5.74) is 3.55. The monoisotopic (exact) mass is 305 g/mol. The number of hydrogen-bond donors (Lipinski definition) is 0. The third-order valence-electron chi connectivity index (χ3n) is 4.68. The highest BCUT2D eigenvalue weighted by molar-refractivity contribution is 5.98. The number of nitrogens with zero attached hydrogens (tertiary/aromatic N) is 1. The van der Waals surface area contributed by atoms with Gasteiger partial charge in [-0.3, -0.25) is 4.79 Å². The summed E-state index contributed by atoms with van der Waals surface area (Å²) in [7, 11) is 3.55. The predicted molar refractivity (Wildman–Crippen MR) is 93.2 cm³/mol. The average molecular weight is 305 g/mol. The molecule has 1 fully saturated rings. The molecule has 1 aliphatic rings. The topological polar surface area (TPSA) is 31.2 Å². The van der Waals surface area contributed by atoms with Crippen molar-refractivity contribution < 1.29 is 4.74 Å². The van der Waals surface area contributed by atoms with E-state index < -0.39 is 0 Å². The summed E-state index contributed by atoms with van der Waals surface area (Å²) in [5.74, 6) is 1.27. The van der Waals surface area contributed by atoms with E-state index in [1.165, 1.54) is 5.56 Å². The molecule has 0 radical (unpaired) electrons. The molecule has 1 heterocycles. The Bertz CT molecular complexity index is 937. The molecular weight excluding hydrogens is 286 g/mol. The second kappa shape index (κ2) is 5.27. The van der Waals surface area contributed by atoms with E-state index in [-0.39, 0.29) is 5.56 Å². The van der Waals surface area contributed by atoms with Crippen molar-refractivity contribution in [3.63, 3.8) is 0 Å². The van der Waals surface area contributed by atoms with E-state index in [1.54, 1.807) is 7.11 Å². The van der Waals surface area contributed by atoms with Gasteiger partial charge < -0.3 is 9.30 Å². The lowest BCUT2D eigenvalue weighted by Gasteiger charge is -2.18. The number of aromatic nitrogens is 1. The molecule has 3 heteroatoms. The van der Waals surface area contributed by atoms with Gasteiger partial charge >= 0.3 is 0 Å². The van der Waals surface area contributed by atoms with Crippen LogP contribution in [0.15, 0.2) is 53.3 Å². The van der Waals surface area contributed by atoms with Crippen LogP contribution in [-0.4, -0.2) is 11.7 Å². The maximum Gasteiger partial charge on any atom is 0.258 e. The zero-order chi connectivity index (χ0) is 16.0. The van der Waals surface area contributed by atoms with Crippen LogP contribution in [0.2, 0.25) is 0 Å². The first-order valence-corrected chi connectivity index (χ1v) is 7.96. The molecule has 3 nitrogen and oxygen atoms in total. The summed E-state index contributed by atoms with van der Waals surface area (Å²) in [6.45, 7) is 0. The first kappa shape index (κ1) is 14.1. The molecule has 0 aliphatic heterocycles. The Morgan fingerprint density at radius 3 is 2.43 bits per heavy atom. The highest BCUT2D eigenvalue weighted by Gasteiger charge is 2.30. The fourth-order valence-corrected chi connectivity index (χ4v) is 3.38. The molecule has 0 bridgehead atoms. The SMILES string of the molecule is COc1ccc2c(=O)n(C)c(C3CC3)c(-c3ccccc3)c2c1. The molecule has 4 rings (SSSR count). The number of ether oxygens (including phenoxy) is 1. The normalized spacial score (nSPS) is 14.2. The number of methoxy groups -OCH3 is 1. The lowest BCUT2D eigenvalue weighted by atomic mass is 9.95. The van der Waals surface area contributed by atoms with Gasteiger partial charge in [-0.15, -0.1) is 0 Å². The quantitative estimate of drug-likeness (QED) is 0.730. The second-order valence-corrected chi connectivity index (χ2v) is 6.18. The summed E-state index contributed by atoms with van der Waals surface area (Å²) >= 11 is 0. The fraction of sp³-hybridized carbons (Fsp3) is 0.250. The summed E-state index contributed by atoms with van der Waals surface area (Å²) in [6, 6.07) is 16.1. The molecule has 1 saturated carbocycles. The number of hydrogen-bond acceptors (Lipinski definition) is 2. The molecule has 23 heavy (non-hydrogen) atoms. The lowest BCUT2D eigenvalue weighted by Crippen LogP contribution is -2.21. The minimum atomic E-state index is 0.0734. The van der Waals surface area contributed by atoms with Crippen molar-refractivity contribution in [1.82, 2.24) is 4.57 Å². The average Bonchev–Trinajstić information content (AvgIpc) is 3.43. The molecule has 0 unspecified atom stereocenters. The molecule has 0 spiro atoms. The molecule has 0 atom stereocenters. The standard InChI is InChI=1S/C20H19NO2/c1-21-19(14-8-9-14)18(13-6-4-3-5-7-13)17-12-15(23-2)10-11-16(17)20(21)22/h3-7,10-12,14H,8-9H2,1-2H3. The predicted octanol–water partition coefficient (Wildman–Crippen LogP) is 4.09. The summed E-state index contributed by atoms with van der Waals surface area (Å²) in [4.78, 5) is 12.8. The number of benzene rings is 2. The molecule has 0 N–H and O–H groups in total. The Labute approximate surface area is 135 Å². The number of pyridine rings is 1. The van der Waals surface area contributed by atoms with Crippen LogP contribution in [0.1, 0.15) is 24.5 Å². The van der Waals surface area contributed by atoms with E-state index in [1.807, 2.05) is 48.0 Å². The van der Waals surface area contributed by atoms with Crippen LogP contribution < -0.4 is 10.3 Å². The van der Waals surface area contributed by atoms with Crippen LogP contribution >= 0.6 is 0 Å². The largest absolute Gasteiger partial charge is 0.497 e. The van der Waals surface area contributed by atoms with Gasteiger partial charge in [-0.25, -0.2) is 0 Å². The first-order valence-electron chi connectivity index (χ1n) is 7.96. The minimum Gasteiger partial charge on any atom is -0.497 e. The van der Waals surface area contributed by atoms with Crippen molar-refractivity contribution in [2.24, 2.45) is 7.05 Å². The molecule has 0 saturated heterocycles. The molecule has 1 aliphatic carbocycles. The minimum absolute atomic E-state index is 0.0734. The van der Waals surface area contributed by atoms with Crippen molar-refractivity contribution in [3.8, 4) is 16.9 Å². The van der Waals surface area contributed by atoms with E-state index in [0.29, 0.717) is 5.92 Å². The maximum absolute atomic E-state index is 12.8. The third kappa shape index (κ3) is 2.24. The Hall–Kier alpha value is -2.55. The highest BCUT2D eigenvalue weighted by atomic mass is 16.5. The lowest BCUT2D eigenvalue weighted by molar-refractivity contribution is 0.415. The van der Waals surface area contributed by atoms with Crippen LogP contribution in [0, 0.1) is 0 Å². The van der Waals surface area contributed by atoms with Crippen LogP contribution in [0.5, 0.6) is 5.75 Å². The fourth-order valence-electron chi connectivity index (χ4n) is 3.38. The zero-order valence-corrected chi connectivity index (χ0v) is 13.4. The van der Waals surface area contributed by atoms with Crippen molar-refractivity contribution in [3.05, 3.63) is 64.6 Å². The van der Waals surface area contributed by atoms with E-state index in [0.717, 1.165) is 40.6 Å². The van der Waals surface area contributed by atoms with Crippen LogP contribution in [0.4, 0.5) is 0 Å². The van der Waals surface area contributed by atoms with Crippen LogP contribution in [0.3, 0.4) is 0 Å². The van der Waals surface area contributed by atoms with Gasteiger partial charge in [0, 0.05) is 29.1 Å². The maximum atomic E-state index is 12.8. The van der Waals surface area contributed by atoms with E-state index in [4.69, 9.17) is 4.74 Å². The number of fused-ring (bicyclic) bond motifs is 1. The van der Waals surface area contributed by atoms with Gasteiger partial charge in [0.1, 0.15) is 5.75 Å². The highest BCUT2D eigenvalue weighted by Crippen LogP contribution is 2.46. The van der Waals surface area contributed by atoms with Crippen molar-refractivity contribution in [2.45, 2.75) is 18.8 Å². The molecule has 0 amide bonds. The summed E-state index contributed by atoms with van der Waals surface area (Å²) in [6.07, 6.45) is 2.31. The van der Waals surface area contributed by atoms with Crippen molar-refractivity contribution >= 4 is 10.8 Å². The van der Waals surface area contributed by atoms with Gasteiger partial charge in [-0.05, 0) is 42.5 Å². The van der Waals surface area contributed by atoms with Crippen LogP contribution in [0.25, 0.3) is 21.9 Å². The number of rotatable bonds is 3. The van der Waals surface area contributed by atoms with Gasteiger partial charge in [0.15, 0.2) is 0 Å².